The molecule has 5 amide bonds. The summed E-state index contributed by atoms with van der Waals surface area (Å²) in [7, 11) is 0. The van der Waals surface area contributed by atoms with Crippen LogP contribution in [0.15, 0.2) is 36.4 Å². The largest absolute Gasteiger partial charge is 0.480 e. The number of benzene rings is 1. The number of carbonyl (C=O) groups is 10. The third kappa shape index (κ3) is 20.7. The number of carbonyl (C=O) groups excluding carboxylic acids is 6. The van der Waals surface area contributed by atoms with Gasteiger partial charge in [0.05, 0.1) is 32.2 Å². The second-order valence-electron chi connectivity index (χ2n) is 15.6. The number of nitrogens with zero attached hydrogens (tertiary/aromatic N) is 5. The van der Waals surface area contributed by atoms with Crippen LogP contribution in [0.3, 0.4) is 0 Å². The Morgan fingerprint density at radius 3 is 1.57 bits per heavy atom. The predicted octanol–water partition coefficient (Wildman–Crippen LogP) is -1.36. The first-order valence-corrected chi connectivity index (χ1v) is 22.6. The van der Waals surface area contributed by atoms with Gasteiger partial charge in [0, 0.05) is 96.0 Å². The third-order valence-electron chi connectivity index (χ3n) is 10.6. The van der Waals surface area contributed by atoms with Crippen LogP contribution in [-0.4, -0.2) is 213 Å². The van der Waals surface area contributed by atoms with Crippen LogP contribution in [0.2, 0.25) is 0 Å². The molecule has 1 saturated heterocycles. The molecule has 1 aromatic rings. The highest BCUT2D eigenvalue weighted by atomic mass is 32.2. The summed E-state index contributed by atoms with van der Waals surface area (Å²) in [5, 5.41) is 45.9. The minimum Gasteiger partial charge on any atom is -0.480 e. The highest BCUT2D eigenvalue weighted by molar-refractivity contribution is 7.98. The van der Waals surface area contributed by atoms with E-state index in [1.807, 2.05) is 6.26 Å². The van der Waals surface area contributed by atoms with Gasteiger partial charge in [-0.15, -0.1) is 0 Å². The van der Waals surface area contributed by atoms with Gasteiger partial charge in [0.2, 0.25) is 11.8 Å². The van der Waals surface area contributed by atoms with Gasteiger partial charge >= 0.3 is 23.9 Å². The van der Waals surface area contributed by atoms with Gasteiger partial charge in [-0.25, -0.2) is 4.79 Å². The van der Waals surface area contributed by atoms with E-state index in [0.29, 0.717) is 24.2 Å². The summed E-state index contributed by atoms with van der Waals surface area (Å²) in [4.78, 5) is 130. The Morgan fingerprint density at radius 2 is 1.11 bits per heavy atom. The van der Waals surface area contributed by atoms with Crippen molar-refractivity contribution in [3.05, 3.63) is 47.5 Å². The van der Waals surface area contributed by atoms with E-state index in [0.717, 1.165) is 17.1 Å². The third-order valence-corrected chi connectivity index (χ3v) is 11.3. The van der Waals surface area contributed by atoms with Crippen molar-refractivity contribution in [1.82, 2.24) is 40.4 Å². The second kappa shape index (κ2) is 28.2. The number of imide groups is 1. The number of Topliss-reactive ketones (excluding diaryl/α,β-unsaturated/α-hetero) is 1. The normalized spacial score (nSPS) is 16.8. The smallest absolute Gasteiger partial charge is 0.326 e. The van der Waals surface area contributed by atoms with E-state index in [-0.39, 0.29) is 129 Å². The first-order chi connectivity index (χ1) is 30.9. The predicted molar refractivity (Wildman–Crippen MR) is 235 cm³/mol. The number of carboxylic acid groups (broad SMARTS) is 4. The number of aliphatic carboxylic acids is 4. The number of rotatable bonds is 26. The Balaban J connectivity index is 1.52. The average Bonchev–Trinajstić information content (AvgIpc) is 3.57. The van der Waals surface area contributed by atoms with Crippen LogP contribution in [0.25, 0.3) is 0 Å². The monoisotopic (exact) mass is 932 g/mol. The topological polar surface area (TPSA) is 304 Å². The van der Waals surface area contributed by atoms with E-state index in [1.54, 1.807) is 31.7 Å². The fourth-order valence-electron chi connectivity index (χ4n) is 7.01. The van der Waals surface area contributed by atoms with Crippen molar-refractivity contribution in [2.24, 2.45) is 0 Å². The summed E-state index contributed by atoms with van der Waals surface area (Å²) in [5.41, 5.74) is 0.894. The lowest BCUT2D eigenvalue weighted by atomic mass is 10.0. The van der Waals surface area contributed by atoms with Gasteiger partial charge in [-0.1, -0.05) is 12.1 Å². The Kier molecular flexibility index (Phi) is 23.3. The minimum absolute atomic E-state index is 0.0437. The molecule has 2 heterocycles. The number of amides is 5. The number of ketones is 1. The van der Waals surface area contributed by atoms with E-state index < -0.39 is 65.4 Å². The van der Waals surface area contributed by atoms with Crippen LogP contribution in [0.1, 0.15) is 54.4 Å². The van der Waals surface area contributed by atoms with Gasteiger partial charge in [0.15, 0.2) is 5.78 Å². The number of thioether (sulfide) groups is 1. The van der Waals surface area contributed by atoms with Crippen molar-refractivity contribution >= 4 is 71.0 Å². The highest BCUT2D eigenvalue weighted by Crippen LogP contribution is 2.12. The van der Waals surface area contributed by atoms with Crippen LogP contribution in [0.5, 0.6) is 0 Å². The van der Waals surface area contributed by atoms with Crippen LogP contribution >= 0.6 is 11.8 Å². The fraction of sp³-hybridized carbons (Fsp3) is 0.571. The fourth-order valence-corrected chi connectivity index (χ4v) is 7.49. The van der Waals surface area contributed by atoms with E-state index in [4.69, 9.17) is 0 Å². The Morgan fingerprint density at radius 1 is 0.615 bits per heavy atom. The molecule has 3 rings (SSSR count). The van der Waals surface area contributed by atoms with E-state index in [1.165, 1.54) is 23.9 Å². The number of carboxylic acids is 4. The van der Waals surface area contributed by atoms with Crippen molar-refractivity contribution in [3.63, 3.8) is 0 Å². The van der Waals surface area contributed by atoms with Crippen LogP contribution in [-0.2, 0) is 49.7 Å². The van der Waals surface area contributed by atoms with Gasteiger partial charge in [-0.05, 0) is 55.4 Å². The van der Waals surface area contributed by atoms with E-state index in [2.05, 4.69) is 16.0 Å². The Hall–Kier alpha value is -5.75. The number of nitrogens with one attached hydrogen (secondary N) is 3. The molecule has 0 radical (unpaired) electrons. The van der Waals surface area contributed by atoms with Crippen molar-refractivity contribution in [3.8, 4) is 0 Å². The first kappa shape index (κ1) is 53.6. The number of hydrogen-bond donors (Lipinski definition) is 7. The molecule has 2 aliphatic rings. The lowest BCUT2D eigenvalue weighted by Crippen LogP contribution is -2.49. The molecule has 2 aliphatic heterocycles. The standard InChI is InChI=1S/C42H60N8O14S/c1-65-23-13-31(33(51)9-10-34(52)44-32(42(63)64)4-2-3-14-50-36(54)11-12-37(50)55)45-41(62)30-7-5-29(6-8-30)24-43-35(53)25-46-15-17-47(26-38(56)57)19-21-49(28-40(60)61)22-20-48(18-16-46)27-39(58)59/h5-8,11-12,31-32H,2-4,9-10,13-28H2,1H3,(H,43,53)(H,44,52)(H,45,62)(H,56,57)(H,58,59)(H,60,61)(H,63,64)/t31-,32-/m0/s1. The second-order valence-corrected chi connectivity index (χ2v) is 16.6. The van der Waals surface area contributed by atoms with Crippen molar-refractivity contribution < 1.29 is 68.4 Å². The summed E-state index contributed by atoms with van der Waals surface area (Å²) in [6, 6.07) is 4.18. The molecule has 0 saturated carbocycles. The molecule has 0 aliphatic carbocycles. The first-order valence-electron chi connectivity index (χ1n) is 21.2. The van der Waals surface area contributed by atoms with E-state index >= 15 is 0 Å². The molecular formula is C42H60N8O14S. The molecule has 2 atom stereocenters. The molecule has 0 spiro atoms. The SMILES string of the molecule is CSCC[C@H](NC(=O)c1ccc(CNC(=O)CN2CCN(CC(=O)O)CCN(CC(=O)O)CCN(CC(=O)O)CC2)cc1)C(=O)CCC(=O)N[C@@H](CCCCN1C(=O)C=CC1=O)C(=O)O. The molecule has 0 unspecified atom stereocenters. The molecule has 0 aromatic heterocycles. The molecule has 0 bridgehead atoms. The van der Waals surface area contributed by atoms with Crippen LogP contribution < -0.4 is 16.0 Å². The zero-order valence-electron chi connectivity index (χ0n) is 36.5. The van der Waals surface area contributed by atoms with Crippen molar-refractivity contribution in [2.75, 3.05) is 97.1 Å². The minimum atomic E-state index is -1.27. The quantitative estimate of drug-likeness (QED) is 0.0417. The molecule has 22 nitrogen and oxygen atoms in total. The molecule has 65 heavy (non-hydrogen) atoms. The maximum atomic E-state index is 13.3. The molecule has 358 valence electrons. The summed E-state index contributed by atoms with van der Waals surface area (Å²) in [6.45, 7) is 1.32. The van der Waals surface area contributed by atoms with Gasteiger partial charge in [0.1, 0.15) is 6.04 Å². The van der Waals surface area contributed by atoms with Gasteiger partial charge in [0.25, 0.3) is 17.7 Å². The molecule has 7 N–H and O–H groups in total. The maximum Gasteiger partial charge on any atom is 0.326 e. The van der Waals surface area contributed by atoms with Gasteiger partial charge in [-0.2, -0.15) is 11.8 Å². The Labute approximate surface area is 380 Å². The van der Waals surface area contributed by atoms with Crippen LogP contribution in [0, 0.1) is 0 Å². The number of hydrogen-bond acceptors (Lipinski definition) is 15. The Bertz CT molecular complexity index is 1830. The van der Waals surface area contributed by atoms with Crippen molar-refractivity contribution in [1.29, 1.82) is 0 Å². The summed E-state index contributed by atoms with van der Waals surface area (Å²) in [5.74, 6) is -6.76. The molecule has 1 fully saturated rings. The van der Waals surface area contributed by atoms with Crippen LogP contribution in [0.4, 0.5) is 0 Å². The van der Waals surface area contributed by atoms with Crippen molar-refractivity contribution in [2.45, 2.75) is 57.2 Å². The summed E-state index contributed by atoms with van der Waals surface area (Å²) >= 11 is 1.46. The molecule has 1 aromatic carbocycles. The highest BCUT2D eigenvalue weighted by Gasteiger charge is 2.26. The maximum absolute atomic E-state index is 13.3. The van der Waals surface area contributed by atoms with E-state index in [9.17, 15) is 68.4 Å². The number of unbranched alkanes of at least 4 members (excludes halogenated alkanes) is 1. The lowest BCUT2D eigenvalue weighted by molar-refractivity contribution is -0.142. The summed E-state index contributed by atoms with van der Waals surface area (Å²) in [6.07, 6.45) is 4.56. The molecular weight excluding hydrogens is 873 g/mol. The zero-order valence-corrected chi connectivity index (χ0v) is 37.3. The van der Waals surface area contributed by atoms with Gasteiger partial charge < -0.3 is 36.4 Å². The zero-order chi connectivity index (χ0) is 47.9. The summed E-state index contributed by atoms with van der Waals surface area (Å²) < 4.78 is 0. The molecule has 23 heteroatoms. The van der Waals surface area contributed by atoms with Gasteiger partial charge in [-0.3, -0.25) is 67.7 Å². The average molecular weight is 933 g/mol. The lowest BCUT2D eigenvalue weighted by Gasteiger charge is -2.32.